The van der Waals surface area contributed by atoms with Gasteiger partial charge < -0.3 is 10.6 Å². The zero-order valence-electron chi connectivity index (χ0n) is 10.1. The van der Waals surface area contributed by atoms with Crippen LogP contribution in [0.3, 0.4) is 0 Å². The van der Waals surface area contributed by atoms with E-state index < -0.39 is 0 Å². The summed E-state index contributed by atoms with van der Waals surface area (Å²) in [5.74, 6) is 0.677. The highest BCUT2D eigenvalue weighted by Gasteiger charge is 2.12. The number of nitrogens with zero attached hydrogens (tertiary/aromatic N) is 4. The maximum absolute atomic E-state index is 5.67. The zero-order chi connectivity index (χ0) is 13.1. The number of aryl methyl sites for hydroxylation is 1. The summed E-state index contributed by atoms with van der Waals surface area (Å²) in [4.78, 5) is 6.68. The molecule has 2 aromatic rings. The van der Waals surface area contributed by atoms with Gasteiger partial charge in [0.2, 0.25) is 0 Å². The van der Waals surface area contributed by atoms with Gasteiger partial charge in [-0.25, -0.2) is 4.98 Å². The van der Waals surface area contributed by atoms with Crippen molar-refractivity contribution in [3.63, 3.8) is 0 Å². The molecule has 2 N–H and O–H groups in total. The molecule has 0 unspecified atom stereocenters. The highest BCUT2D eigenvalue weighted by Crippen LogP contribution is 2.18. The second kappa shape index (κ2) is 5.36. The second-order valence-electron chi connectivity index (χ2n) is 3.85. The van der Waals surface area contributed by atoms with Crippen molar-refractivity contribution in [3.05, 3.63) is 33.9 Å². The van der Waals surface area contributed by atoms with Crippen LogP contribution in [0.25, 0.3) is 0 Å². The molecule has 0 saturated carbocycles. The zero-order valence-corrected chi connectivity index (χ0v) is 11.8. The van der Waals surface area contributed by atoms with Crippen molar-refractivity contribution in [2.75, 3.05) is 11.9 Å². The molecule has 2 rings (SSSR count). The lowest BCUT2D eigenvalue weighted by Crippen LogP contribution is -2.23. The molecule has 0 saturated heterocycles. The highest BCUT2D eigenvalue weighted by molar-refractivity contribution is 7.80. The number of aromatic nitrogens is 3. The van der Waals surface area contributed by atoms with E-state index in [1.807, 2.05) is 24.3 Å². The van der Waals surface area contributed by atoms with Crippen LogP contribution in [0, 0.1) is 6.92 Å². The average molecular weight is 279 g/mol. The van der Waals surface area contributed by atoms with Crippen LogP contribution in [-0.4, -0.2) is 27.2 Å². The van der Waals surface area contributed by atoms with Crippen molar-refractivity contribution in [1.82, 2.24) is 15.2 Å². The third kappa shape index (κ3) is 2.80. The number of hydrogen-bond donors (Lipinski definition) is 1. The monoisotopic (exact) mass is 279 g/mol. The third-order valence-corrected chi connectivity index (χ3v) is 3.44. The van der Waals surface area contributed by atoms with E-state index in [4.69, 9.17) is 18.0 Å². The van der Waals surface area contributed by atoms with Gasteiger partial charge in [-0.3, -0.25) is 0 Å². The minimum atomic E-state index is 0.321. The van der Waals surface area contributed by atoms with Gasteiger partial charge in [0.05, 0.1) is 29.0 Å². The van der Waals surface area contributed by atoms with Crippen LogP contribution in [-0.2, 0) is 6.54 Å². The van der Waals surface area contributed by atoms with Crippen molar-refractivity contribution in [2.45, 2.75) is 13.5 Å². The molecule has 0 atom stereocenters. The van der Waals surface area contributed by atoms with E-state index in [1.54, 1.807) is 23.6 Å². The Morgan fingerprint density at radius 2 is 2.33 bits per heavy atom. The lowest BCUT2D eigenvalue weighted by Gasteiger charge is -2.18. The number of nitrogens with two attached hydrogens (primary N) is 1. The first-order valence-electron chi connectivity index (χ1n) is 5.31. The lowest BCUT2D eigenvalue weighted by molar-refractivity contribution is 0.844. The predicted molar refractivity (Wildman–Crippen MR) is 76.9 cm³/mol. The van der Waals surface area contributed by atoms with Crippen molar-refractivity contribution < 1.29 is 0 Å². The minimum absolute atomic E-state index is 0.321. The fourth-order valence-electron chi connectivity index (χ4n) is 1.60. The van der Waals surface area contributed by atoms with Gasteiger partial charge in [-0.15, -0.1) is 16.4 Å². The predicted octanol–water partition coefficient (Wildman–Crippen LogP) is 1.51. The Kier molecular flexibility index (Phi) is 3.83. The maximum atomic E-state index is 5.67. The van der Waals surface area contributed by atoms with Crippen LogP contribution < -0.4 is 10.6 Å². The quantitative estimate of drug-likeness (QED) is 0.856. The molecule has 0 bridgehead atoms. The van der Waals surface area contributed by atoms with Crippen LogP contribution in [0.2, 0.25) is 0 Å². The van der Waals surface area contributed by atoms with Gasteiger partial charge in [0.1, 0.15) is 4.99 Å². The smallest absolute Gasteiger partial charge is 0.161 e. The molecule has 0 amide bonds. The molecule has 0 fully saturated rings. The Bertz CT molecular complexity index is 566. The summed E-state index contributed by atoms with van der Waals surface area (Å²) >= 11 is 6.64. The molecule has 2 aromatic heterocycles. The van der Waals surface area contributed by atoms with E-state index >= 15 is 0 Å². The van der Waals surface area contributed by atoms with Gasteiger partial charge in [0.25, 0.3) is 0 Å². The lowest BCUT2D eigenvalue weighted by atomic mass is 10.2. The van der Waals surface area contributed by atoms with E-state index in [2.05, 4.69) is 15.2 Å². The number of rotatable bonds is 4. The van der Waals surface area contributed by atoms with Gasteiger partial charge >= 0.3 is 0 Å². The van der Waals surface area contributed by atoms with Gasteiger partial charge in [-0.2, -0.15) is 5.10 Å². The Balaban J connectivity index is 2.23. The first-order valence-corrected chi connectivity index (χ1v) is 6.60. The number of hydrogen-bond acceptors (Lipinski definition) is 6. The molecule has 7 heteroatoms. The fraction of sp³-hybridized carbons (Fsp3) is 0.273. The Morgan fingerprint density at radius 1 is 1.56 bits per heavy atom. The molecule has 0 aliphatic carbocycles. The fourth-order valence-corrected chi connectivity index (χ4v) is 2.36. The summed E-state index contributed by atoms with van der Waals surface area (Å²) in [7, 11) is 1.92. The Morgan fingerprint density at radius 3 is 2.94 bits per heavy atom. The molecule has 0 aromatic carbocycles. The van der Waals surface area contributed by atoms with Crippen LogP contribution >= 0.6 is 23.6 Å². The molecule has 18 heavy (non-hydrogen) atoms. The molecule has 0 aliphatic heterocycles. The second-order valence-corrected chi connectivity index (χ2v) is 5.35. The Hall–Kier alpha value is -1.60. The summed E-state index contributed by atoms with van der Waals surface area (Å²) in [6, 6.07) is 1.77. The maximum Gasteiger partial charge on any atom is 0.161 e. The summed E-state index contributed by atoms with van der Waals surface area (Å²) in [6.45, 7) is 2.63. The van der Waals surface area contributed by atoms with E-state index in [-0.39, 0.29) is 0 Å². The normalized spacial score (nSPS) is 10.3. The Labute approximate surface area is 115 Å². The summed E-state index contributed by atoms with van der Waals surface area (Å²) < 4.78 is 0. The van der Waals surface area contributed by atoms with E-state index in [1.165, 1.54) is 0 Å². The molecule has 0 aliphatic rings. The minimum Gasteiger partial charge on any atom is -0.389 e. The number of thiocarbonyl (C=S) groups is 1. The summed E-state index contributed by atoms with van der Waals surface area (Å²) in [5.41, 5.74) is 7.40. The van der Waals surface area contributed by atoms with E-state index in [9.17, 15) is 0 Å². The molecular formula is C11H13N5S2. The van der Waals surface area contributed by atoms with Crippen molar-refractivity contribution in [1.29, 1.82) is 0 Å². The number of thiazole rings is 1. The first kappa shape index (κ1) is 12.8. The van der Waals surface area contributed by atoms with Gasteiger partial charge in [0.15, 0.2) is 5.82 Å². The van der Waals surface area contributed by atoms with E-state index in [0.717, 1.165) is 16.3 Å². The van der Waals surface area contributed by atoms with Gasteiger partial charge in [-0.1, -0.05) is 12.2 Å². The van der Waals surface area contributed by atoms with Crippen LogP contribution in [0.1, 0.15) is 16.3 Å². The summed E-state index contributed by atoms with van der Waals surface area (Å²) in [5, 5.41) is 11.0. The highest BCUT2D eigenvalue weighted by atomic mass is 32.1. The average Bonchev–Trinajstić information content (AvgIpc) is 2.74. The molecular weight excluding hydrogens is 266 g/mol. The van der Waals surface area contributed by atoms with Crippen LogP contribution in [0.4, 0.5) is 5.82 Å². The van der Waals surface area contributed by atoms with Crippen molar-refractivity contribution >= 4 is 34.4 Å². The van der Waals surface area contributed by atoms with Crippen LogP contribution in [0.15, 0.2) is 17.6 Å². The third-order valence-electron chi connectivity index (χ3n) is 2.39. The first-order chi connectivity index (χ1) is 8.58. The molecule has 94 valence electrons. The molecule has 0 spiro atoms. The SMILES string of the molecule is Cc1nc(CN(C)c2nnccc2C(N)=S)cs1. The van der Waals surface area contributed by atoms with Gasteiger partial charge in [0, 0.05) is 12.4 Å². The van der Waals surface area contributed by atoms with Crippen LogP contribution in [0.5, 0.6) is 0 Å². The van der Waals surface area contributed by atoms with Crippen molar-refractivity contribution in [2.24, 2.45) is 5.73 Å². The topological polar surface area (TPSA) is 67.9 Å². The molecule has 2 heterocycles. The molecule has 0 radical (unpaired) electrons. The summed E-state index contributed by atoms with van der Waals surface area (Å²) in [6.07, 6.45) is 1.58. The number of anilines is 1. The standard InChI is InChI=1S/C11H13N5S2/c1-7-14-8(6-18-7)5-16(2)11-9(10(12)17)3-4-13-15-11/h3-4,6H,5H2,1-2H3,(H2,12,17). The van der Waals surface area contributed by atoms with Gasteiger partial charge in [-0.05, 0) is 13.0 Å². The van der Waals surface area contributed by atoms with Crippen molar-refractivity contribution in [3.8, 4) is 0 Å². The van der Waals surface area contributed by atoms with E-state index in [0.29, 0.717) is 17.4 Å². The molecule has 5 nitrogen and oxygen atoms in total. The largest absolute Gasteiger partial charge is 0.389 e.